The zero-order valence-electron chi connectivity index (χ0n) is 21.2. The molecule has 1 aliphatic carbocycles. The summed E-state index contributed by atoms with van der Waals surface area (Å²) in [6.45, 7) is 2.42. The van der Waals surface area contributed by atoms with E-state index in [1.165, 1.54) is 19.0 Å². The summed E-state index contributed by atoms with van der Waals surface area (Å²) in [6, 6.07) is 11.7. The zero-order valence-corrected chi connectivity index (χ0v) is 21.2. The first-order valence-electron chi connectivity index (χ1n) is 13.4. The van der Waals surface area contributed by atoms with Crippen molar-refractivity contribution in [1.82, 2.24) is 15.3 Å². The van der Waals surface area contributed by atoms with E-state index in [1.54, 1.807) is 12.1 Å². The molecule has 0 atom stereocenters. The molecule has 4 heterocycles. The van der Waals surface area contributed by atoms with Crippen molar-refractivity contribution in [2.45, 2.75) is 44.6 Å². The van der Waals surface area contributed by atoms with Gasteiger partial charge in [-0.3, -0.25) is 19.6 Å². The number of nitrogens with zero attached hydrogens (tertiary/aromatic N) is 4. The van der Waals surface area contributed by atoms with Crippen molar-refractivity contribution < 1.29 is 9.59 Å². The fraction of sp³-hybridized carbons (Fsp3) is 0.345. The van der Waals surface area contributed by atoms with Crippen LogP contribution in [0, 0.1) is 0 Å². The Labute approximate surface area is 221 Å². The van der Waals surface area contributed by atoms with E-state index in [4.69, 9.17) is 0 Å². The highest BCUT2D eigenvalue weighted by molar-refractivity contribution is 6.50. The molecule has 2 aromatic heterocycles. The van der Waals surface area contributed by atoms with Gasteiger partial charge in [0.2, 0.25) is 0 Å². The van der Waals surface area contributed by atoms with Crippen molar-refractivity contribution in [2.75, 3.05) is 35.3 Å². The Balaban J connectivity index is 1.18. The highest BCUT2D eigenvalue weighted by Gasteiger charge is 2.23. The van der Waals surface area contributed by atoms with Crippen LogP contribution in [0.2, 0.25) is 0 Å². The molecule has 0 spiro atoms. The predicted molar refractivity (Wildman–Crippen MR) is 149 cm³/mol. The first kappa shape index (κ1) is 24.1. The summed E-state index contributed by atoms with van der Waals surface area (Å²) in [5.41, 5.74) is 5.89. The molecule has 0 unspecified atom stereocenters. The van der Waals surface area contributed by atoms with Gasteiger partial charge in [0.25, 0.3) is 11.8 Å². The molecule has 3 aromatic rings. The molecule has 9 nitrogen and oxygen atoms in total. The predicted octanol–water partition coefficient (Wildman–Crippen LogP) is 4.23. The Kier molecular flexibility index (Phi) is 6.73. The van der Waals surface area contributed by atoms with Crippen LogP contribution in [-0.4, -0.2) is 53.3 Å². The summed E-state index contributed by atoms with van der Waals surface area (Å²) in [5.74, 6) is -0.499. The van der Waals surface area contributed by atoms with Gasteiger partial charge < -0.3 is 20.9 Å². The Morgan fingerprint density at radius 2 is 1.74 bits per heavy atom. The molecule has 194 valence electrons. The van der Waals surface area contributed by atoms with Crippen LogP contribution in [0.15, 0.2) is 60.0 Å². The Hall–Kier alpha value is -4.27. The minimum absolute atomic E-state index is 0.178. The molecule has 9 heteroatoms. The van der Waals surface area contributed by atoms with Crippen LogP contribution in [0.25, 0.3) is 11.1 Å². The molecular weight excluding hydrogens is 478 g/mol. The zero-order chi connectivity index (χ0) is 25.9. The normalized spacial score (nSPS) is 16.9. The van der Waals surface area contributed by atoms with E-state index in [1.807, 2.05) is 30.6 Å². The Morgan fingerprint density at radius 3 is 2.53 bits per heavy atom. The average Bonchev–Trinajstić information content (AvgIpc) is 3.68. The fourth-order valence-corrected chi connectivity index (χ4v) is 5.41. The lowest BCUT2D eigenvalue weighted by Crippen LogP contribution is -2.33. The number of amides is 2. The Bertz CT molecular complexity index is 1370. The summed E-state index contributed by atoms with van der Waals surface area (Å²) in [4.78, 5) is 41.3. The molecule has 0 radical (unpaired) electrons. The summed E-state index contributed by atoms with van der Waals surface area (Å²) < 4.78 is 0. The second kappa shape index (κ2) is 10.6. The second-order valence-corrected chi connectivity index (χ2v) is 10.1. The maximum Gasteiger partial charge on any atom is 0.274 e. The minimum Gasteiger partial charge on any atom is -0.370 e. The molecule has 3 aliphatic rings. The SMILES string of the molecule is O=C(Nc1ccc(C(=O)NC2CCCC2)nc1)C1=NCNc2ccc(-c3cncc(N4CCCC4)c3)cc21. The molecule has 6 rings (SSSR count). The second-order valence-electron chi connectivity index (χ2n) is 10.1. The van der Waals surface area contributed by atoms with E-state index in [0.717, 1.165) is 66.8 Å². The third-order valence-electron chi connectivity index (χ3n) is 7.47. The molecular formula is C29H31N7O2. The first-order valence-corrected chi connectivity index (χ1v) is 13.4. The van der Waals surface area contributed by atoms with E-state index < -0.39 is 0 Å². The van der Waals surface area contributed by atoms with Crippen molar-refractivity contribution >= 4 is 34.6 Å². The highest BCUT2D eigenvalue weighted by atomic mass is 16.2. The molecule has 2 fully saturated rings. The van der Waals surface area contributed by atoms with Crippen LogP contribution < -0.4 is 20.9 Å². The Morgan fingerprint density at radius 1 is 0.895 bits per heavy atom. The van der Waals surface area contributed by atoms with Crippen LogP contribution >= 0.6 is 0 Å². The summed E-state index contributed by atoms with van der Waals surface area (Å²) >= 11 is 0. The molecule has 1 saturated heterocycles. The molecule has 0 bridgehead atoms. The number of aliphatic imine (C=N–C) groups is 1. The van der Waals surface area contributed by atoms with Gasteiger partial charge in [0, 0.05) is 42.1 Å². The average molecular weight is 510 g/mol. The number of carbonyl (C=O) groups excluding carboxylic acids is 2. The number of carbonyl (C=O) groups is 2. The molecule has 38 heavy (non-hydrogen) atoms. The van der Waals surface area contributed by atoms with E-state index in [0.29, 0.717) is 23.8 Å². The van der Waals surface area contributed by atoms with E-state index in [9.17, 15) is 9.59 Å². The number of anilines is 3. The van der Waals surface area contributed by atoms with Crippen molar-refractivity contribution in [2.24, 2.45) is 4.99 Å². The van der Waals surface area contributed by atoms with Gasteiger partial charge in [0.1, 0.15) is 18.1 Å². The molecule has 1 aromatic carbocycles. The number of benzene rings is 1. The van der Waals surface area contributed by atoms with Gasteiger partial charge in [-0.2, -0.15) is 0 Å². The van der Waals surface area contributed by atoms with Gasteiger partial charge in [-0.05, 0) is 61.6 Å². The van der Waals surface area contributed by atoms with E-state index in [2.05, 4.69) is 41.9 Å². The maximum absolute atomic E-state index is 13.3. The van der Waals surface area contributed by atoms with Crippen molar-refractivity contribution in [3.05, 3.63) is 66.2 Å². The number of pyridine rings is 2. The number of rotatable bonds is 6. The van der Waals surface area contributed by atoms with Crippen molar-refractivity contribution in [3.63, 3.8) is 0 Å². The maximum atomic E-state index is 13.3. The summed E-state index contributed by atoms with van der Waals surface area (Å²) in [7, 11) is 0. The van der Waals surface area contributed by atoms with Crippen molar-refractivity contribution in [1.29, 1.82) is 0 Å². The highest BCUT2D eigenvalue weighted by Crippen LogP contribution is 2.30. The number of hydrogen-bond donors (Lipinski definition) is 3. The van der Waals surface area contributed by atoms with Crippen LogP contribution in [0.3, 0.4) is 0 Å². The standard InChI is InChI=1S/C29H31N7O2/c37-28(34-21-5-1-2-6-21)26-10-8-22(16-31-26)35-29(38)27-24-14-19(7-9-25(24)32-18-33-27)20-13-23(17-30-15-20)36-11-3-4-12-36/h7-10,13-17,21,32H,1-6,11-12,18H2,(H,34,37)(H,35,38). The minimum atomic E-state index is -0.321. The van der Waals surface area contributed by atoms with Crippen LogP contribution in [-0.2, 0) is 4.79 Å². The van der Waals surface area contributed by atoms with Crippen LogP contribution in [0.1, 0.15) is 54.6 Å². The molecule has 2 aliphatic heterocycles. The lowest BCUT2D eigenvalue weighted by Gasteiger charge is -2.20. The topological polar surface area (TPSA) is 112 Å². The van der Waals surface area contributed by atoms with E-state index in [-0.39, 0.29) is 17.9 Å². The van der Waals surface area contributed by atoms with Gasteiger partial charge >= 0.3 is 0 Å². The number of hydrogen-bond acceptors (Lipinski definition) is 7. The lowest BCUT2D eigenvalue weighted by molar-refractivity contribution is -0.110. The molecule has 1 saturated carbocycles. The summed E-state index contributed by atoms with van der Waals surface area (Å²) in [6.07, 6.45) is 12.0. The largest absolute Gasteiger partial charge is 0.370 e. The van der Waals surface area contributed by atoms with Crippen molar-refractivity contribution in [3.8, 4) is 11.1 Å². The smallest absolute Gasteiger partial charge is 0.274 e. The number of fused-ring (bicyclic) bond motifs is 1. The third kappa shape index (κ3) is 5.09. The van der Waals surface area contributed by atoms with Gasteiger partial charge in [0.05, 0.1) is 23.8 Å². The number of aromatic nitrogens is 2. The van der Waals surface area contributed by atoms with E-state index >= 15 is 0 Å². The summed E-state index contributed by atoms with van der Waals surface area (Å²) in [5, 5.41) is 9.17. The van der Waals surface area contributed by atoms with Crippen LogP contribution in [0.5, 0.6) is 0 Å². The van der Waals surface area contributed by atoms with Gasteiger partial charge in [-0.15, -0.1) is 0 Å². The molecule has 2 amide bonds. The van der Waals surface area contributed by atoms with Gasteiger partial charge in [-0.25, -0.2) is 4.98 Å². The fourth-order valence-electron chi connectivity index (χ4n) is 5.41. The van der Waals surface area contributed by atoms with Gasteiger partial charge in [-0.1, -0.05) is 18.9 Å². The van der Waals surface area contributed by atoms with Gasteiger partial charge in [0.15, 0.2) is 0 Å². The quantitative estimate of drug-likeness (QED) is 0.459. The number of nitrogens with one attached hydrogen (secondary N) is 3. The third-order valence-corrected chi connectivity index (χ3v) is 7.47. The molecule has 3 N–H and O–H groups in total. The van der Waals surface area contributed by atoms with Crippen LogP contribution in [0.4, 0.5) is 17.1 Å². The monoisotopic (exact) mass is 509 g/mol. The lowest BCUT2D eigenvalue weighted by atomic mass is 9.98. The first-order chi connectivity index (χ1) is 18.6.